The number of hydrogen-bond acceptors (Lipinski definition) is 0. The van der Waals surface area contributed by atoms with Gasteiger partial charge < -0.3 is 0 Å². The van der Waals surface area contributed by atoms with Gasteiger partial charge in [-0.25, -0.2) is 0 Å². The summed E-state index contributed by atoms with van der Waals surface area (Å²) in [6.07, 6.45) is 0. The van der Waals surface area contributed by atoms with Gasteiger partial charge in [0.05, 0.1) is 0 Å². The van der Waals surface area contributed by atoms with E-state index in [4.69, 9.17) is 0 Å². The van der Waals surface area contributed by atoms with Gasteiger partial charge >= 0.3 is 206 Å². The number of hydrogen-bond donors (Lipinski definition) is 0. The fourth-order valence-electron chi connectivity index (χ4n) is 0. The van der Waals surface area contributed by atoms with Crippen LogP contribution in [0.15, 0.2) is 0 Å². The maximum Gasteiger partial charge on any atom is 0 e. The van der Waals surface area contributed by atoms with Crippen LogP contribution in [0.5, 0.6) is 0 Å². The van der Waals surface area contributed by atoms with Crippen LogP contribution in [0, 0.1) is 0 Å². The molecule has 0 fully saturated rings. The minimum atomic E-state index is 0. The summed E-state index contributed by atoms with van der Waals surface area (Å²) in [5, 5.41) is 0. The molecule has 0 amide bonds. The Morgan fingerprint density at radius 1 is 0.400 bits per heavy atom. The molecule has 0 radical (unpaired) electrons. The van der Waals surface area contributed by atoms with Crippen molar-refractivity contribution in [2.75, 3.05) is 0 Å². The Balaban J connectivity index is 0. The molecule has 5 heteroatoms. The molecule has 0 aromatic rings. The third-order valence-electron chi connectivity index (χ3n) is 0. The van der Waals surface area contributed by atoms with Gasteiger partial charge in [0, 0.05) is 19.5 Å². The van der Waals surface area contributed by atoms with Crippen LogP contribution in [0.4, 0.5) is 0 Å². The summed E-state index contributed by atoms with van der Waals surface area (Å²) in [6.45, 7) is 0. The first-order valence-corrected chi connectivity index (χ1v) is 0. The van der Waals surface area contributed by atoms with E-state index in [1.807, 2.05) is 0 Å². The zero-order valence-electron chi connectivity index (χ0n) is 0.707. The van der Waals surface area contributed by atoms with Gasteiger partial charge in [-0.2, -0.15) is 0 Å². The van der Waals surface area contributed by atoms with Crippen molar-refractivity contribution in [2.45, 2.75) is 0 Å². The molecule has 0 nitrogen and oxygen atoms in total. The second-order valence-corrected chi connectivity index (χ2v) is 0. The van der Waals surface area contributed by atoms with Crippen LogP contribution in [-0.4, -0.2) is 206 Å². The quantitative estimate of drug-likeness (QED) is 0.397. The van der Waals surface area contributed by atoms with Crippen molar-refractivity contribution >= 4 is 206 Å². The molecule has 0 unspecified atom stereocenters. The van der Waals surface area contributed by atoms with Gasteiger partial charge in [0.25, 0.3) is 0 Å². The van der Waals surface area contributed by atoms with Gasteiger partial charge in [-0.1, -0.05) is 0 Å². The number of rotatable bonds is 0. The van der Waals surface area contributed by atoms with E-state index < -0.39 is 0 Å². The summed E-state index contributed by atoms with van der Waals surface area (Å²) in [7, 11) is 0. The molecule has 0 aromatic carbocycles. The molecule has 0 heterocycles. The van der Waals surface area contributed by atoms with Crippen LogP contribution in [0.2, 0.25) is 0 Å². The van der Waals surface area contributed by atoms with Crippen LogP contribution in [0.25, 0.3) is 0 Å². The summed E-state index contributed by atoms with van der Waals surface area (Å²) in [5.74, 6) is 0. The van der Waals surface area contributed by atoms with Crippen molar-refractivity contribution in [2.24, 2.45) is 0 Å². The van der Waals surface area contributed by atoms with Crippen molar-refractivity contribution in [1.82, 2.24) is 0 Å². The Labute approximate surface area is 216 Å². The van der Waals surface area contributed by atoms with E-state index in [0.717, 1.165) is 0 Å². The van der Waals surface area contributed by atoms with E-state index in [9.17, 15) is 0 Å². The molecule has 0 aliphatic heterocycles. The monoisotopic (exact) mass is 224 g/mol. The van der Waals surface area contributed by atoms with Gasteiger partial charge in [-0.3, -0.25) is 0 Å². The Kier molecular flexibility index (Phi) is 133. The standard InChI is InChI=1S/4K.Zn.4H. The van der Waals surface area contributed by atoms with Crippen LogP contribution < -0.4 is 0 Å². The fourth-order valence-corrected chi connectivity index (χ4v) is 0. The normalized spacial score (nSPS) is 0. The van der Waals surface area contributed by atoms with E-state index in [1.54, 1.807) is 0 Å². The summed E-state index contributed by atoms with van der Waals surface area (Å²) >= 11 is 0. The van der Waals surface area contributed by atoms with Crippen molar-refractivity contribution in [3.8, 4) is 0 Å². The predicted molar refractivity (Wildman–Crippen MR) is 28.6 cm³/mol. The molecule has 0 aliphatic carbocycles. The molecule has 0 bridgehead atoms. The second kappa shape index (κ2) is 22.5. The Hall–Kier alpha value is 7.17. The zero-order valence-corrected chi connectivity index (χ0v) is 3.67. The molecule has 5 heavy (non-hydrogen) atoms. The van der Waals surface area contributed by atoms with Crippen molar-refractivity contribution in [3.63, 3.8) is 0 Å². The summed E-state index contributed by atoms with van der Waals surface area (Å²) in [6, 6.07) is 0. The van der Waals surface area contributed by atoms with E-state index in [2.05, 4.69) is 0 Å². The minimum Gasteiger partial charge on any atom is 0 e. The van der Waals surface area contributed by atoms with E-state index >= 15 is 0 Å². The van der Waals surface area contributed by atoms with Gasteiger partial charge in [0.1, 0.15) is 0 Å². The second-order valence-electron chi connectivity index (χ2n) is 0. The van der Waals surface area contributed by atoms with Crippen molar-refractivity contribution in [3.05, 3.63) is 0 Å². The smallest absolute Gasteiger partial charge is 0 e. The first-order chi connectivity index (χ1) is 0. The average Bonchev–Trinajstić information content (AvgIpc) is 0. The molecule has 0 aromatic heterocycles. The third-order valence-corrected chi connectivity index (χ3v) is 0. The summed E-state index contributed by atoms with van der Waals surface area (Å²) < 4.78 is 0. The fraction of sp³-hybridized carbons (Fsp3) is 0. The maximum absolute atomic E-state index is 0. The Bertz CT molecular complexity index is 3.61. The van der Waals surface area contributed by atoms with Crippen molar-refractivity contribution in [1.29, 1.82) is 0 Å². The summed E-state index contributed by atoms with van der Waals surface area (Å²) in [5.41, 5.74) is 0. The Morgan fingerprint density at radius 3 is 0.400 bits per heavy atom. The van der Waals surface area contributed by atoms with Gasteiger partial charge in [0.2, 0.25) is 0 Å². The molecular formula is H4K4Zn. The maximum atomic E-state index is 0. The molecule has 0 spiro atoms. The minimum absolute atomic E-state index is 0. The molecule has 0 saturated heterocycles. The Morgan fingerprint density at radius 2 is 0.400 bits per heavy atom. The van der Waals surface area contributed by atoms with Crippen LogP contribution in [-0.2, 0) is 19.5 Å². The SMILES string of the molecule is [KH].[KH].[KH].[KH].[Zn]. The molecule has 0 aliphatic rings. The molecule has 0 rings (SSSR count). The summed E-state index contributed by atoms with van der Waals surface area (Å²) in [4.78, 5) is 0. The first-order valence-electron chi connectivity index (χ1n) is 0. The van der Waals surface area contributed by atoms with Gasteiger partial charge in [-0.15, -0.1) is 0 Å². The average molecular weight is 226 g/mol. The van der Waals surface area contributed by atoms with Gasteiger partial charge in [0.15, 0.2) is 0 Å². The van der Waals surface area contributed by atoms with E-state index in [1.165, 1.54) is 0 Å². The van der Waals surface area contributed by atoms with Gasteiger partial charge in [-0.05, 0) is 0 Å². The molecule has 0 N–H and O–H groups in total. The molecular weight excluding hydrogens is 222 g/mol. The first kappa shape index (κ1) is 29.5. The van der Waals surface area contributed by atoms with Crippen LogP contribution >= 0.6 is 0 Å². The van der Waals surface area contributed by atoms with E-state index in [0.29, 0.717) is 0 Å². The predicted octanol–water partition coefficient (Wildman–Crippen LogP) is -2.60. The van der Waals surface area contributed by atoms with Crippen LogP contribution in [0.3, 0.4) is 0 Å². The van der Waals surface area contributed by atoms with E-state index in [-0.39, 0.29) is 225 Å². The zero-order chi connectivity index (χ0) is 0. The van der Waals surface area contributed by atoms with Crippen molar-refractivity contribution < 1.29 is 19.5 Å². The molecule has 10 valence electrons. The molecule has 0 atom stereocenters. The topological polar surface area (TPSA) is 0 Å². The molecule has 0 saturated carbocycles. The largest absolute Gasteiger partial charge is 0 e. The third kappa shape index (κ3) is 18.3. The van der Waals surface area contributed by atoms with Crippen LogP contribution in [0.1, 0.15) is 0 Å².